The van der Waals surface area contributed by atoms with E-state index in [0.29, 0.717) is 23.9 Å². The van der Waals surface area contributed by atoms with Crippen LogP contribution in [0.1, 0.15) is 23.1 Å². The number of esters is 1. The van der Waals surface area contributed by atoms with Crippen molar-refractivity contribution in [2.45, 2.75) is 26.3 Å². The normalized spacial score (nSPS) is 11.5. The molecule has 0 aromatic carbocycles. The summed E-state index contributed by atoms with van der Waals surface area (Å²) in [5.41, 5.74) is 0. The molecular formula is C10H16CaN2O3S. The van der Waals surface area contributed by atoms with Crippen LogP contribution in [-0.2, 0) is 9.59 Å². The molecule has 0 aliphatic carbocycles. The van der Waals surface area contributed by atoms with E-state index in [4.69, 9.17) is 4.74 Å². The first kappa shape index (κ1) is 16.8. The van der Waals surface area contributed by atoms with Crippen molar-refractivity contribution < 1.29 is 17.2 Å². The molecule has 1 aromatic heterocycles. The average molecular weight is 284 g/mol. The van der Waals surface area contributed by atoms with E-state index in [1.807, 2.05) is 13.8 Å². The fraction of sp³-hybridized carbons (Fsp3) is 0.500. The molecule has 0 radical (unpaired) electrons. The molecule has 5 nitrogen and oxygen atoms in total. The number of nitrogens with one attached hydrogen (secondary N) is 1. The minimum absolute atomic E-state index is 0. The van der Waals surface area contributed by atoms with Gasteiger partial charge in [0.05, 0.1) is 0 Å². The molecule has 0 fully saturated rings. The monoisotopic (exact) mass is 284 g/mol. The third-order valence-electron chi connectivity index (χ3n) is 1.86. The molecule has 0 spiro atoms. The van der Waals surface area contributed by atoms with Crippen LogP contribution in [0.3, 0.4) is 0 Å². The average Bonchev–Trinajstić information content (AvgIpc) is 2.69. The Bertz CT molecular complexity index is 353. The second kappa shape index (κ2) is 8.85. The molecule has 1 N–H and O–H groups in total. The van der Waals surface area contributed by atoms with Crippen molar-refractivity contribution in [3.05, 3.63) is 11.6 Å². The van der Waals surface area contributed by atoms with Gasteiger partial charge in [0.15, 0.2) is 0 Å². The van der Waals surface area contributed by atoms with Crippen LogP contribution >= 0.6 is 11.3 Å². The number of amides is 1. The van der Waals surface area contributed by atoms with Gasteiger partial charge in [-0.05, 0) is 12.3 Å². The van der Waals surface area contributed by atoms with Crippen LogP contribution in [-0.4, -0.2) is 61.1 Å². The zero-order chi connectivity index (χ0) is 12.0. The molecule has 17 heavy (non-hydrogen) atoms. The molecule has 0 bridgehead atoms. The Labute approximate surface area is 137 Å². The summed E-state index contributed by atoms with van der Waals surface area (Å²) < 4.78 is 5.02. The number of carbonyl (C=O) groups is 2. The fourth-order valence-electron chi connectivity index (χ4n) is 1.20. The Kier molecular flexibility index (Phi) is 8.76. The molecule has 0 aliphatic heterocycles. The fourth-order valence-corrected chi connectivity index (χ4v) is 1.69. The zero-order valence-electron chi connectivity index (χ0n) is 11.9. The van der Waals surface area contributed by atoms with Crippen LogP contribution in [0.2, 0.25) is 0 Å². The standard InChI is InChI=1S/C10H14N2O3S.Ca.2H/c1-7(2)5-8(12-6-13)9(14)15-10-11-3-4-16-10;;;/h3-4,6-8H,5H2,1-2H3,(H,12,13);;;/q;+2;2*-1/t8-;;;/m0.../s1. The number of aromatic nitrogens is 1. The Morgan fingerprint density at radius 2 is 2.41 bits per heavy atom. The number of hydrogen-bond acceptors (Lipinski definition) is 5. The van der Waals surface area contributed by atoms with Gasteiger partial charge in [0.25, 0.3) is 5.19 Å². The van der Waals surface area contributed by atoms with Gasteiger partial charge in [-0.2, -0.15) is 0 Å². The molecule has 0 saturated heterocycles. The summed E-state index contributed by atoms with van der Waals surface area (Å²) in [5, 5.41) is 4.46. The number of ether oxygens (including phenoxy) is 1. The van der Waals surface area contributed by atoms with Gasteiger partial charge in [-0.3, -0.25) is 4.79 Å². The van der Waals surface area contributed by atoms with E-state index < -0.39 is 12.0 Å². The van der Waals surface area contributed by atoms with Gasteiger partial charge in [0.2, 0.25) is 6.41 Å². The summed E-state index contributed by atoms with van der Waals surface area (Å²) in [6.45, 7) is 3.94. The van der Waals surface area contributed by atoms with Gasteiger partial charge in [0.1, 0.15) is 6.04 Å². The quantitative estimate of drug-likeness (QED) is 0.482. The van der Waals surface area contributed by atoms with Crippen LogP contribution in [0.15, 0.2) is 11.6 Å². The first-order valence-electron chi connectivity index (χ1n) is 4.94. The third-order valence-corrected chi connectivity index (χ3v) is 2.51. The molecule has 1 rings (SSSR count). The summed E-state index contributed by atoms with van der Waals surface area (Å²) in [5.74, 6) is -0.183. The number of carbonyl (C=O) groups excluding carboxylic acids is 2. The van der Waals surface area contributed by atoms with E-state index in [9.17, 15) is 9.59 Å². The van der Waals surface area contributed by atoms with Crippen LogP contribution in [0, 0.1) is 5.92 Å². The Balaban J connectivity index is -0.000000853. The second-order valence-corrected chi connectivity index (χ2v) is 4.54. The summed E-state index contributed by atoms with van der Waals surface area (Å²) in [6.07, 6.45) is 2.61. The van der Waals surface area contributed by atoms with E-state index >= 15 is 0 Å². The maximum absolute atomic E-state index is 11.7. The van der Waals surface area contributed by atoms with Crippen molar-refractivity contribution in [3.63, 3.8) is 0 Å². The molecule has 0 aliphatic rings. The number of thiazole rings is 1. The molecule has 92 valence electrons. The van der Waals surface area contributed by atoms with Gasteiger partial charge in [-0.1, -0.05) is 25.2 Å². The predicted molar refractivity (Wildman–Crippen MR) is 68.2 cm³/mol. The summed E-state index contributed by atoms with van der Waals surface area (Å²) in [7, 11) is 0. The maximum atomic E-state index is 11.7. The van der Waals surface area contributed by atoms with Crippen LogP contribution < -0.4 is 10.1 Å². The van der Waals surface area contributed by atoms with Gasteiger partial charge in [-0.25, -0.2) is 9.78 Å². The van der Waals surface area contributed by atoms with Crippen LogP contribution in [0.25, 0.3) is 0 Å². The first-order chi connectivity index (χ1) is 7.63. The van der Waals surface area contributed by atoms with E-state index in [2.05, 4.69) is 10.3 Å². The van der Waals surface area contributed by atoms with Crippen molar-refractivity contribution in [3.8, 4) is 5.19 Å². The van der Waals surface area contributed by atoms with E-state index in [1.54, 1.807) is 11.6 Å². The Hall–Kier alpha value is -0.170. The number of rotatable bonds is 6. The molecule has 1 atom stereocenters. The van der Waals surface area contributed by atoms with E-state index in [0.717, 1.165) is 0 Å². The minimum Gasteiger partial charge on any atom is -1.00 e. The van der Waals surface area contributed by atoms with Gasteiger partial charge < -0.3 is 12.9 Å². The second-order valence-electron chi connectivity index (χ2n) is 3.69. The van der Waals surface area contributed by atoms with E-state index in [-0.39, 0.29) is 40.6 Å². The van der Waals surface area contributed by atoms with Crippen molar-refractivity contribution in [1.82, 2.24) is 10.3 Å². The molecule has 1 aromatic rings. The molecule has 1 heterocycles. The predicted octanol–water partition coefficient (Wildman–Crippen LogP) is 1.05. The maximum Gasteiger partial charge on any atom is 2.00 e. The van der Waals surface area contributed by atoms with Gasteiger partial charge in [-0.15, -0.1) is 0 Å². The Morgan fingerprint density at radius 1 is 1.71 bits per heavy atom. The topological polar surface area (TPSA) is 68.3 Å². The largest absolute Gasteiger partial charge is 2.00 e. The molecule has 1 amide bonds. The van der Waals surface area contributed by atoms with Crippen LogP contribution in [0.4, 0.5) is 0 Å². The molecule has 7 heteroatoms. The number of nitrogens with zero attached hydrogens (tertiary/aromatic N) is 1. The molecule has 0 saturated carbocycles. The minimum atomic E-state index is -0.610. The van der Waals surface area contributed by atoms with E-state index in [1.165, 1.54) is 11.3 Å². The summed E-state index contributed by atoms with van der Waals surface area (Å²) in [4.78, 5) is 25.9. The van der Waals surface area contributed by atoms with Crippen molar-refractivity contribution in [1.29, 1.82) is 0 Å². The molecule has 0 unspecified atom stereocenters. The van der Waals surface area contributed by atoms with Gasteiger partial charge >= 0.3 is 43.7 Å². The van der Waals surface area contributed by atoms with Crippen molar-refractivity contribution in [2.75, 3.05) is 0 Å². The van der Waals surface area contributed by atoms with Crippen LogP contribution in [0.5, 0.6) is 5.19 Å². The van der Waals surface area contributed by atoms with Gasteiger partial charge in [0, 0.05) is 11.6 Å². The SMILES string of the molecule is CC(C)C[C@H](NC=O)C(=O)Oc1nccs1.[Ca+2].[H-].[H-]. The number of hydrogen-bond donors (Lipinski definition) is 1. The van der Waals surface area contributed by atoms with Crippen molar-refractivity contribution >= 4 is 61.5 Å². The summed E-state index contributed by atoms with van der Waals surface area (Å²) in [6, 6.07) is -0.610. The van der Waals surface area contributed by atoms with Crippen molar-refractivity contribution in [2.24, 2.45) is 5.92 Å². The Morgan fingerprint density at radius 3 is 2.88 bits per heavy atom. The summed E-state index contributed by atoms with van der Waals surface area (Å²) >= 11 is 1.24. The zero-order valence-corrected chi connectivity index (χ0v) is 12.9. The third kappa shape index (κ3) is 6.35. The molecular weight excluding hydrogens is 268 g/mol. The first-order valence-corrected chi connectivity index (χ1v) is 5.82. The smallest absolute Gasteiger partial charge is 1.00 e.